The third-order valence-corrected chi connectivity index (χ3v) is 4.86. The largest absolute Gasteiger partial charge is 0.308 e. The number of amides is 3. The Bertz CT molecular complexity index is 1020. The lowest BCUT2D eigenvalue weighted by Crippen LogP contribution is -2.36. The fourth-order valence-electron chi connectivity index (χ4n) is 3.39. The van der Waals surface area contributed by atoms with Crippen LogP contribution >= 0.6 is 0 Å². The van der Waals surface area contributed by atoms with Crippen LogP contribution in [-0.4, -0.2) is 34.2 Å². The Morgan fingerprint density at radius 3 is 2.14 bits per heavy atom. The predicted molar refractivity (Wildman–Crippen MR) is 108 cm³/mol. The SMILES string of the molecule is O=C1c2ccccc2C(=O)N1CCC(=O)N(Cc1cccnc1)c1ccccc1. The van der Waals surface area contributed by atoms with Crippen LogP contribution in [0.1, 0.15) is 32.7 Å². The van der Waals surface area contributed by atoms with Crippen molar-refractivity contribution in [2.75, 3.05) is 11.4 Å². The summed E-state index contributed by atoms with van der Waals surface area (Å²) in [6, 6.07) is 19.8. The summed E-state index contributed by atoms with van der Waals surface area (Å²) in [4.78, 5) is 45.0. The quantitative estimate of drug-likeness (QED) is 0.611. The summed E-state index contributed by atoms with van der Waals surface area (Å²) in [6.07, 6.45) is 3.44. The van der Waals surface area contributed by atoms with Crippen LogP contribution in [0.15, 0.2) is 79.1 Å². The molecule has 1 aromatic heterocycles. The lowest BCUT2D eigenvalue weighted by atomic mass is 10.1. The Labute approximate surface area is 168 Å². The molecule has 0 aliphatic carbocycles. The van der Waals surface area contributed by atoms with Crippen molar-refractivity contribution >= 4 is 23.4 Å². The van der Waals surface area contributed by atoms with E-state index in [0.717, 1.165) is 16.2 Å². The number of nitrogens with zero attached hydrogens (tertiary/aromatic N) is 3. The molecule has 2 aromatic carbocycles. The zero-order valence-corrected chi connectivity index (χ0v) is 15.7. The molecular formula is C23H19N3O3. The van der Waals surface area contributed by atoms with Crippen molar-refractivity contribution in [2.24, 2.45) is 0 Å². The summed E-state index contributed by atoms with van der Waals surface area (Å²) in [5.41, 5.74) is 2.43. The minimum Gasteiger partial charge on any atom is -0.308 e. The third-order valence-electron chi connectivity index (χ3n) is 4.86. The summed E-state index contributed by atoms with van der Waals surface area (Å²) >= 11 is 0. The highest BCUT2D eigenvalue weighted by molar-refractivity contribution is 6.21. The second kappa shape index (κ2) is 8.06. The average molecular weight is 385 g/mol. The van der Waals surface area contributed by atoms with Gasteiger partial charge in [0, 0.05) is 31.0 Å². The van der Waals surface area contributed by atoms with Crippen molar-refractivity contribution in [3.63, 3.8) is 0 Å². The van der Waals surface area contributed by atoms with Crippen LogP contribution in [0.3, 0.4) is 0 Å². The molecule has 3 aromatic rings. The molecule has 0 saturated heterocycles. The number of imide groups is 1. The number of carbonyl (C=O) groups excluding carboxylic acids is 3. The smallest absolute Gasteiger partial charge is 0.261 e. The van der Waals surface area contributed by atoms with Crippen molar-refractivity contribution < 1.29 is 14.4 Å². The highest BCUT2D eigenvalue weighted by Crippen LogP contribution is 2.23. The van der Waals surface area contributed by atoms with Crippen molar-refractivity contribution in [2.45, 2.75) is 13.0 Å². The van der Waals surface area contributed by atoms with Gasteiger partial charge in [0.2, 0.25) is 5.91 Å². The number of aromatic nitrogens is 1. The van der Waals surface area contributed by atoms with Crippen LogP contribution in [0.4, 0.5) is 5.69 Å². The number of anilines is 1. The minimum atomic E-state index is -0.350. The number of rotatable bonds is 6. The number of pyridine rings is 1. The Morgan fingerprint density at radius 2 is 1.52 bits per heavy atom. The van der Waals surface area contributed by atoms with E-state index in [1.165, 1.54) is 0 Å². The van der Waals surface area contributed by atoms with Crippen LogP contribution < -0.4 is 4.90 Å². The van der Waals surface area contributed by atoms with Gasteiger partial charge in [-0.3, -0.25) is 24.3 Å². The fourth-order valence-corrected chi connectivity index (χ4v) is 3.39. The van der Waals surface area contributed by atoms with E-state index in [4.69, 9.17) is 0 Å². The van der Waals surface area contributed by atoms with E-state index in [1.54, 1.807) is 41.6 Å². The van der Waals surface area contributed by atoms with E-state index >= 15 is 0 Å². The fraction of sp³-hybridized carbons (Fsp3) is 0.130. The Morgan fingerprint density at radius 1 is 0.862 bits per heavy atom. The van der Waals surface area contributed by atoms with Gasteiger partial charge in [0.05, 0.1) is 17.7 Å². The molecule has 0 N–H and O–H groups in total. The van der Waals surface area contributed by atoms with E-state index in [0.29, 0.717) is 17.7 Å². The molecule has 0 saturated carbocycles. The molecule has 4 rings (SSSR count). The minimum absolute atomic E-state index is 0.0423. The number of hydrogen-bond acceptors (Lipinski definition) is 4. The first kappa shape index (κ1) is 18.6. The van der Waals surface area contributed by atoms with Crippen LogP contribution in [0.25, 0.3) is 0 Å². The maximum atomic E-state index is 13.0. The van der Waals surface area contributed by atoms with Crippen molar-refractivity contribution in [1.82, 2.24) is 9.88 Å². The molecule has 6 nitrogen and oxygen atoms in total. The van der Waals surface area contributed by atoms with E-state index in [-0.39, 0.29) is 30.7 Å². The van der Waals surface area contributed by atoms with Crippen LogP contribution in [-0.2, 0) is 11.3 Å². The van der Waals surface area contributed by atoms with E-state index in [1.807, 2.05) is 42.5 Å². The van der Waals surface area contributed by atoms with E-state index in [9.17, 15) is 14.4 Å². The Kier molecular flexibility index (Phi) is 5.16. The molecule has 2 heterocycles. The summed E-state index contributed by atoms with van der Waals surface area (Å²) < 4.78 is 0. The van der Waals surface area contributed by atoms with Gasteiger partial charge in [0.1, 0.15) is 0 Å². The summed E-state index contributed by atoms with van der Waals surface area (Å²) in [5.74, 6) is -0.870. The lowest BCUT2D eigenvalue weighted by Gasteiger charge is -2.24. The zero-order chi connectivity index (χ0) is 20.2. The topological polar surface area (TPSA) is 70.6 Å². The lowest BCUT2D eigenvalue weighted by molar-refractivity contribution is -0.118. The number of para-hydroxylation sites is 1. The molecule has 0 bridgehead atoms. The van der Waals surface area contributed by atoms with Gasteiger partial charge in [-0.1, -0.05) is 36.4 Å². The van der Waals surface area contributed by atoms with Gasteiger partial charge >= 0.3 is 0 Å². The van der Waals surface area contributed by atoms with Crippen molar-refractivity contribution in [3.8, 4) is 0 Å². The molecule has 3 amide bonds. The monoisotopic (exact) mass is 385 g/mol. The zero-order valence-electron chi connectivity index (χ0n) is 15.7. The third kappa shape index (κ3) is 3.78. The second-order valence-corrected chi connectivity index (χ2v) is 6.73. The summed E-state index contributed by atoms with van der Waals surface area (Å²) in [6.45, 7) is 0.403. The first-order chi connectivity index (χ1) is 14.1. The summed E-state index contributed by atoms with van der Waals surface area (Å²) in [7, 11) is 0. The van der Waals surface area contributed by atoms with Crippen molar-refractivity contribution in [1.29, 1.82) is 0 Å². The first-order valence-electron chi connectivity index (χ1n) is 9.34. The molecule has 0 atom stereocenters. The molecule has 6 heteroatoms. The highest BCUT2D eigenvalue weighted by atomic mass is 16.2. The molecule has 144 valence electrons. The van der Waals surface area contributed by atoms with E-state index < -0.39 is 0 Å². The van der Waals surface area contributed by atoms with Gasteiger partial charge in [-0.25, -0.2) is 0 Å². The molecular weight excluding hydrogens is 366 g/mol. The first-order valence-corrected chi connectivity index (χ1v) is 9.34. The molecule has 0 fully saturated rings. The number of fused-ring (bicyclic) bond motifs is 1. The van der Waals surface area contributed by atoms with Crippen LogP contribution in [0.2, 0.25) is 0 Å². The van der Waals surface area contributed by atoms with Crippen LogP contribution in [0.5, 0.6) is 0 Å². The van der Waals surface area contributed by atoms with Gasteiger partial charge in [-0.15, -0.1) is 0 Å². The van der Waals surface area contributed by atoms with Crippen molar-refractivity contribution in [3.05, 3.63) is 95.8 Å². The van der Waals surface area contributed by atoms with Crippen LogP contribution in [0, 0.1) is 0 Å². The van der Waals surface area contributed by atoms with Gasteiger partial charge in [-0.05, 0) is 35.9 Å². The number of benzene rings is 2. The Balaban J connectivity index is 1.50. The molecule has 0 spiro atoms. The van der Waals surface area contributed by atoms with Gasteiger partial charge < -0.3 is 4.90 Å². The number of hydrogen-bond donors (Lipinski definition) is 0. The average Bonchev–Trinajstić information content (AvgIpc) is 3.02. The summed E-state index contributed by atoms with van der Waals surface area (Å²) in [5, 5.41) is 0. The van der Waals surface area contributed by atoms with Gasteiger partial charge in [0.15, 0.2) is 0 Å². The van der Waals surface area contributed by atoms with E-state index in [2.05, 4.69) is 4.98 Å². The maximum Gasteiger partial charge on any atom is 0.261 e. The normalized spacial score (nSPS) is 12.8. The van der Waals surface area contributed by atoms with Gasteiger partial charge in [0.25, 0.3) is 11.8 Å². The molecule has 0 radical (unpaired) electrons. The molecule has 29 heavy (non-hydrogen) atoms. The van der Waals surface area contributed by atoms with Gasteiger partial charge in [-0.2, -0.15) is 0 Å². The Hall–Kier alpha value is -3.80. The maximum absolute atomic E-state index is 13.0. The molecule has 1 aliphatic heterocycles. The molecule has 1 aliphatic rings. The second-order valence-electron chi connectivity index (χ2n) is 6.73. The predicted octanol–water partition coefficient (Wildman–Crippen LogP) is 3.30. The molecule has 0 unspecified atom stereocenters. The number of carbonyl (C=O) groups is 3. The highest BCUT2D eigenvalue weighted by Gasteiger charge is 2.35. The standard InChI is InChI=1S/C23H19N3O3/c27-21(12-14-25-22(28)19-10-4-5-11-20(19)23(25)29)26(18-8-2-1-3-9-18)16-17-7-6-13-24-15-17/h1-11,13,15H,12,14,16H2.